The third-order valence-electron chi connectivity index (χ3n) is 3.91. The molecule has 0 aromatic heterocycles. The third kappa shape index (κ3) is 3.82. The normalized spacial score (nSPS) is 13.2. The molecule has 2 heteroatoms. The minimum absolute atomic E-state index is 0.140. The molecule has 0 N–H and O–H groups in total. The molecule has 0 radical (unpaired) electrons. The molecule has 106 valence electrons. The molecule has 1 aromatic carbocycles. The molecule has 0 saturated heterocycles. The van der Waals surface area contributed by atoms with Crippen LogP contribution in [0.15, 0.2) is 12.1 Å². The summed E-state index contributed by atoms with van der Waals surface area (Å²) in [6.45, 7) is 12.6. The summed E-state index contributed by atoms with van der Waals surface area (Å²) in [5, 5.41) is 0. The molecule has 1 aromatic rings. The second kappa shape index (κ2) is 5.77. The Morgan fingerprint density at radius 3 is 2.32 bits per heavy atom. The number of aryl methyl sites for hydroxylation is 2. The average molecular weight is 262 g/mol. The van der Waals surface area contributed by atoms with Crippen molar-refractivity contribution in [3.8, 4) is 5.75 Å². The van der Waals surface area contributed by atoms with E-state index in [-0.39, 0.29) is 11.2 Å². The van der Waals surface area contributed by atoms with Gasteiger partial charge in [-0.05, 0) is 42.4 Å². The Balaban J connectivity index is 3.07. The molecule has 0 aliphatic rings. The summed E-state index contributed by atoms with van der Waals surface area (Å²) in [4.78, 5) is 12.5. The van der Waals surface area contributed by atoms with Crippen molar-refractivity contribution < 1.29 is 9.53 Å². The van der Waals surface area contributed by atoms with Crippen molar-refractivity contribution in [1.82, 2.24) is 0 Å². The molecule has 0 fully saturated rings. The van der Waals surface area contributed by atoms with Gasteiger partial charge >= 0.3 is 0 Å². The minimum atomic E-state index is 0.140. The zero-order chi connectivity index (χ0) is 14.8. The fourth-order valence-corrected chi connectivity index (χ4v) is 2.13. The Morgan fingerprint density at radius 2 is 1.84 bits per heavy atom. The van der Waals surface area contributed by atoms with Crippen LogP contribution in [0.25, 0.3) is 0 Å². The van der Waals surface area contributed by atoms with Crippen LogP contribution in [0.3, 0.4) is 0 Å². The molecule has 0 bridgehead atoms. The maximum absolute atomic E-state index is 12.5. The first kappa shape index (κ1) is 15.7. The zero-order valence-electron chi connectivity index (χ0n) is 13.3. The topological polar surface area (TPSA) is 26.3 Å². The number of carbonyl (C=O) groups excluding carboxylic acids is 1. The highest BCUT2D eigenvalue weighted by atomic mass is 16.5. The minimum Gasteiger partial charge on any atom is -0.496 e. The fourth-order valence-electron chi connectivity index (χ4n) is 2.13. The number of Topliss-reactive ketones (excluding diaryl/α,β-unsaturated/α-hetero) is 1. The maximum Gasteiger partial charge on any atom is 0.167 e. The third-order valence-corrected chi connectivity index (χ3v) is 3.91. The largest absolute Gasteiger partial charge is 0.496 e. The summed E-state index contributed by atoms with van der Waals surface area (Å²) in [5.41, 5.74) is 3.00. The van der Waals surface area contributed by atoms with E-state index in [1.807, 2.05) is 26.0 Å². The highest BCUT2D eigenvalue weighted by molar-refractivity contribution is 6.00. The summed E-state index contributed by atoms with van der Waals surface area (Å²) in [6, 6.07) is 3.97. The molecule has 0 heterocycles. The Morgan fingerprint density at radius 1 is 1.26 bits per heavy atom. The predicted molar refractivity (Wildman–Crippen MR) is 80.0 cm³/mol. The van der Waals surface area contributed by atoms with Crippen LogP contribution in [0.1, 0.15) is 55.6 Å². The van der Waals surface area contributed by atoms with Crippen molar-refractivity contribution in [1.29, 1.82) is 0 Å². The van der Waals surface area contributed by atoms with E-state index in [0.29, 0.717) is 18.1 Å². The van der Waals surface area contributed by atoms with Crippen molar-refractivity contribution in [2.45, 2.75) is 48.0 Å². The van der Waals surface area contributed by atoms with E-state index >= 15 is 0 Å². The molecular weight excluding hydrogens is 236 g/mol. The van der Waals surface area contributed by atoms with Gasteiger partial charge in [-0.15, -0.1) is 0 Å². The molecule has 0 aliphatic carbocycles. The summed E-state index contributed by atoms with van der Waals surface area (Å²) in [5.74, 6) is 1.21. The number of carbonyl (C=O) groups is 1. The van der Waals surface area contributed by atoms with Gasteiger partial charge in [-0.25, -0.2) is 0 Å². The lowest BCUT2D eigenvalue weighted by Crippen LogP contribution is -2.21. The summed E-state index contributed by atoms with van der Waals surface area (Å²) >= 11 is 0. The van der Waals surface area contributed by atoms with Gasteiger partial charge in [0.15, 0.2) is 5.78 Å². The maximum atomic E-state index is 12.5. The van der Waals surface area contributed by atoms with E-state index in [0.717, 1.165) is 16.7 Å². The van der Waals surface area contributed by atoms with Gasteiger partial charge in [0.25, 0.3) is 0 Å². The van der Waals surface area contributed by atoms with Crippen LogP contribution in [0, 0.1) is 25.2 Å². The van der Waals surface area contributed by atoms with Crippen molar-refractivity contribution in [2.24, 2.45) is 11.3 Å². The van der Waals surface area contributed by atoms with E-state index in [1.165, 1.54) is 0 Å². The van der Waals surface area contributed by atoms with Crippen LogP contribution in [0.4, 0.5) is 0 Å². The molecule has 1 unspecified atom stereocenters. The molecule has 19 heavy (non-hydrogen) atoms. The van der Waals surface area contributed by atoms with Crippen LogP contribution < -0.4 is 4.74 Å². The lowest BCUT2D eigenvalue weighted by atomic mass is 9.78. The Kier molecular flexibility index (Phi) is 4.78. The number of rotatable bonds is 4. The van der Waals surface area contributed by atoms with Gasteiger partial charge in [-0.2, -0.15) is 0 Å². The van der Waals surface area contributed by atoms with Gasteiger partial charge in [-0.1, -0.05) is 33.8 Å². The van der Waals surface area contributed by atoms with E-state index in [1.54, 1.807) is 7.11 Å². The first-order valence-corrected chi connectivity index (χ1v) is 6.85. The van der Waals surface area contributed by atoms with E-state index in [9.17, 15) is 4.79 Å². The summed E-state index contributed by atoms with van der Waals surface area (Å²) in [6.07, 6.45) is 0.559. The highest BCUT2D eigenvalue weighted by Crippen LogP contribution is 2.32. The number of ether oxygens (including phenoxy) is 1. The van der Waals surface area contributed by atoms with Gasteiger partial charge in [0.05, 0.1) is 12.7 Å². The molecule has 1 atom stereocenters. The van der Waals surface area contributed by atoms with Gasteiger partial charge in [0, 0.05) is 6.42 Å². The van der Waals surface area contributed by atoms with Crippen LogP contribution >= 0.6 is 0 Å². The standard InChI is InChI=1S/C17H26O2/c1-11-8-12(2)16(15(9-11)19-7)14(18)10-13(3)17(4,5)6/h8-9,13H,10H2,1-7H3. The molecule has 1 rings (SSSR count). The first-order valence-electron chi connectivity index (χ1n) is 6.85. The van der Waals surface area contributed by atoms with Crippen molar-refractivity contribution in [3.05, 3.63) is 28.8 Å². The van der Waals surface area contributed by atoms with Crippen LogP contribution in [0.2, 0.25) is 0 Å². The number of methoxy groups -OCH3 is 1. The van der Waals surface area contributed by atoms with Crippen LogP contribution in [-0.4, -0.2) is 12.9 Å². The van der Waals surface area contributed by atoms with Gasteiger partial charge in [0.1, 0.15) is 5.75 Å². The van der Waals surface area contributed by atoms with Crippen molar-refractivity contribution in [3.63, 3.8) is 0 Å². The molecule has 0 amide bonds. The van der Waals surface area contributed by atoms with Crippen LogP contribution in [0.5, 0.6) is 5.75 Å². The summed E-state index contributed by atoms with van der Waals surface area (Å²) in [7, 11) is 1.62. The highest BCUT2D eigenvalue weighted by Gasteiger charge is 2.25. The van der Waals surface area contributed by atoms with E-state index in [4.69, 9.17) is 4.74 Å². The molecule has 2 nitrogen and oxygen atoms in total. The molecule has 0 spiro atoms. The van der Waals surface area contributed by atoms with Gasteiger partial charge < -0.3 is 4.74 Å². The summed E-state index contributed by atoms with van der Waals surface area (Å²) < 4.78 is 5.37. The number of ketones is 1. The second-order valence-corrected chi connectivity index (χ2v) is 6.55. The Hall–Kier alpha value is -1.31. The monoisotopic (exact) mass is 262 g/mol. The number of benzene rings is 1. The number of hydrogen-bond acceptors (Lipinski definition) is 2. The molecular formula is C17H26O2. The van der Waals surface area contributed by atoms with Crippen molar-refractivity contribution in [2.75, 3.05) is 7.11 Å². The quantitative estimate of drug-likeness (QED) is 0.743. The van der Waals surface area contributed by atoms with E-state index < -0.39 is 0 Å². The van der Waals surface area contributed by atoms with Crippen LogP contribution in [-0.2, 0) is 0 Å². The van der Waals surface area contributed by atoms with E-state index in [2.05, 4.69) is 27.7 Å². The smallest absolute Gasteiger partial charge is 0.167 e. The van der Waals surface area contributed by atoms with Gasteiger partial charge in [-0.3, -0.25) is 4.79 Å². The average Bonchev–Trinajstić information content (AvgIpc) is 2.25. The predicted octanol–water partition coefficient (Wildman–Crippen LogP) is 4.57. The second-order valence-electron chi connectivity index (χ2n) is 6.55. The first-order chi connectivity index (χ1) is 8.66. The lowest BCUT2D eigenvalue weighted by Gasteiger charge is -2.27. The number of hydrogen-bond donors (Lipinski definition) is 0. The molecule has 0 saturated carbocycles. The van der Waals surface area contributed by atoms with Crippen molar-refractivity contribution >= 4 is 5.78 Å². The molecule has 0 aliphatic heterocycles. The SMILES string of the molecule is COc1cc(C)cc(C)c1C(=O)CC(C)C(C)(C)C. The fraction of sp³-hybridized carbons (Fsp3) is 0.588. The Labute approximate surface area is 117 Å². The van der Waals surface area contributed by atoms with Gasteiger partial charge in [0.2, 0.25) is 0 Å². The zero-order valence-corrected chi connectivity index (χ0v) is 13.3. The Bertz CT molecular complexity index is 467. The lowest BCUT2D eigenvalue weighted by molar-refractivity contribution is 0.0923.